The Bertz CT molecular complexity index is 644. The van der Waals surface area contributed by atoms with Crippen molar-refractivity contribution in [1.82, 2.24) is 4.98 Å². The van der Waals surface area contributed by atoms with Crippen molar-refractivity contribution < 1.29 is 12.8 Å². The average molecular weight is 255 g/mol. The van der Waals surface area contributed by atoms with Gasteiger partial charge >= 0.3 is 0 Å². The van der Waals surface area contributed by atoms with E-state index in [2.05, 4.69) is 4.98 Å². The molecule has 0 amide bonds. The van der Waals surface area contributed by atoms with Gasteiger partial charge in [0.25, 0.3) is 0 Å². The molecule has 0 aliphatic heterocycles. The Morgan fingerprint density at radius 1 is 1.35 bits per heavy atom. The second-order valence-electron chi connectivity index (χ2n) is 4.36. The molecule has 0 unspecified atom stereocenters. The van der Waals surface area contributed by atoms with Gasteiger partial charge in [0.05, 0.1) is 11.0 Å². The topological polar surface area (TPSA) is 49.9 Å². The zero-order valence-corrected chi connectivity index (χ0v) is 10.5. The van der Waals surface area contributed by atoms with Gasteiger partial charge in [-0.2, -0.15) is 0 Å². The van der Waals surface area contributed by atoms with Crippen molar-refractivity contribution in [2.45, 2.75) is 24.9 Å². The van der Waals surface area contributed by atoms with E-state index >= 15 is 0 Å². The van der Waals surface area contributed by atoms with Gasteiger partial charge in [-0.3, -0.25) is 0 Å². The summed E-state index contributed by atoms with van der Waals surface area (Å²) in [6, 6.07) is 4.31. The van der Waals surface area contributed by atoms with E-state index in [4.69, 9.17) is 0 Å². The molecule has 2 aromatic rings. The van der Waals surface area contributed by atoms with Gasteiger partial charge in [-0.05, 0) is 37.6 Å². The maximum absolute atomic E-state index is 13.1. The third kappa shape index (κ3) is 2.34. The molecule has 1 heterocycles. The van der Waals surface area contributed by atoms with E-state index in [9.17, 15) is 12.8 Å². The molecule has 1 N–H and O–H groups in total. The first-order valence-electron chi connectivity index (χ1n) is 5.37. The molecule has 5 heteroatoms. The van der Waals surface area contributed by atoms with Crippen LogP contribution >= 0.6 is 0 Å². The molecule has 0 fully saturated rings. The Kier molecular flexibility index (Phi) is 2.95. The molecule has 3 nitrogen and oxygen atoms in total. The molecular weight excluding hydrogens is 241 g/mol. The number of rotatable bonds is 3. The lowest BCUT2D eigenvalue weighted by molar-refractivity contribution is 0.586. The Hall–Kier alpha value is -1.36. The second kappa shape index (κ2) is 4.14. The summed E-state index contributed by atoms with van der Waals surface area (Å²) >= 11 is 0. The highest BCUT2D eigenvalue weighted by Gasteiger charge is 2.18. The average Bonchev–Trinajstić information content (AvgIpc) is 2.60. The zero-order chi connectivity index (χ0) is 12.6. The summed E-state index contributed by atoms with van der Waals surface area (Å²) in [5.41, 5.74) is 1.37. The lowest BCUT2D eigenvalue weighted by Gasteiger charge is -2.06. The number of fused-ring (bicyclic) bond motifs is 1. The van der Waals surface area contributed by atoms with Crippen molar-refractivity contribution in [2.75, 3.05) is 0 Å². The number of halogens is 1. The van der Waals surface area contributed by atoms with Crippen molar-refractivity contribution in [3.63, 3.8) is 0 Å². The van der Waals surface area contributed by atoms with Crippen LogP contribution in [-0.4, -0.2) is 18.7 Å². The number of aromatic amines is 1. The second-order valence-corrected chi connectivity index (χ2v) is 6.92. The van der Waals surface area contributed by atoms with Gasteiger partial charge in [-0.25, -0.2) is 12.8 Å². The monoisotopic (exact) mass is 255 g/mol. The Labute approximate surface area is 99.6 Å². The molecule has 0 spiro atoms. The summed E-state index contributed by atoms with van der Waals surface area (Å²) in [7, 11) is -3.17. The minimum absolute atomic E-state index is 0.0614. The molecule has 0 bridgehead atoms. The number of hydrogen-bond acceptors (Lipinski definition) is 2. The minimum Gasteiger partial charge on any atom is -0.361 e. The van der Waals surface area contributed by atoms with Crippen LogP contribution in [0.4, 0.5) is 4.39 Å². The van der Waals surface area contributed by atoms with E-state index in [1.165, 1.54) is 12.1 Å². The summed E-state index contributed by atoms with van der Waals surface area (Å²) < 4.78 is 36.8. The first-order chi connectivity index (χ1) is 7.90. The Morgan fingerprint density at radius 2 is 2.06 bits per heavy atom. The van der Waals surface area contributed by atoms with Crippen molar-refractivity contribution in [1.29, 1.82) is 0 Å². The van der Waals surface area contributed by atoms with E-state index in [0.717, 1.165) is 5.52 Å². The maximum Gasteiger partial charge on any atom is 0.156 e. The quantitative estimate of drug-likeness (QED) is 0.916. The van der Waals surface area contributed by atoms with E-state index in [-0.39, 0.29) is 11.6 Å². The summed E-state index contributed by atoms with van der Waals surface area (Å²) in [6.07, 6.45) is 1.63. The Morgan fingerprint density at radius 3 is 2.71 bits per heavy atom. The summed E-state index contributed by atoms with van der Waals surface area (Å²) in [5, 5.41) is 0.204. The number of nitrogens with one attached hydrogen (secondary N) is 1. The molecule has 0 aliphatic carbocycles. The lowest BCUT2D eigenvalue weighted by atomic mass is 10.2. The highest BCUT2D eigenvalue weighted by molar-refractivity contribution is 7.91. The molecule has 0 saturated heterocycles. The van der Waals surface area contributed by atoms with Crippen LogP contribution in [-0.2, 0) is 15.6 Å². The predicted octanol–water partition coefficient (Wildman–Crippen LogP) is 2.63. The summed E-state index contributed by atoms with van der Waals surface area (Å²) in [4.78, 5) is 2.95. The van der Waals surface area contributed by atoms with Gasteiger partial charge in [0.2, 0.25) is 0 Å². The van der Waals surface area contributed by atoms with Crippen molar-refractivity contribution in [3.05, 3.63) is 35.8 Å². The standard InChI is InChI=1S/C12H14FNO2S/c1-8(2)17(15,16)7-9-6-14-12-4-3-10(13)5-11(9)12/h3-6,8,14H,7H2,1-2H3. The molecule has 0 saturated carbocycles. The SMILES string of the molecule is CC(C)S(=O)(=O)Cc1c[nH]c2ccc(F)cc12. The first kappa shape index (κ1) is 12.1. The smallest absolute Gasteiger partial charge is 0.156 e. The van der Waals surface area contributed by atoms with Gasteiger partial charge in [0.15, 0.2) is 9.84 Å². The molecule has 0 atom stereocenters. The van der Waals surface area contributed by atoms with Gasteiger partial charge in [-0.1, -0.05) is 0 Å². The zero-order valence-electron chi connectivity index (χ0n) is 9.70. The number of H-pyrrole nitrogens is 1. The fourth-order valence-electron chi connectivity index (χ4n) is 1.65. The molecule has 0 aliphatic rings. The van der Waals surface area contributed by atoms with Crippen LogP contribution in [0.25, 0.3) is 10.9 Å². The fourth-order valence-corrected chi connectivity index (χ4v) is 2.66. The van der Waals surface area contributed by atoms with Crippen LogP contribution in [0.5, 0.6) is 0 Å². The first-order valence-corrected chi connectivity index (χ1v) is 7.09. The van der Waals surface area contributed by atoms with Gasteiger partial charge in [0.1, 0.15) is 5.82 Å². The van der Waals surface area contributed by atoms with Crippen LogP contribution < -0.4 is 0 Å². The third-order valence-electron chi connectivity index (χ3n) is 2.80. The molecular formula is C12H14FNO2S. The normalized spacial score (nSPS) is 12.5. The largest absolute Gasteiger partial charge is 0.361 e. The van der Waals surface area contributed by atoms with Crippen LogP contribution in [0.15, 0.2) is 24.4 Å². The van der Waals surface area contributed by atoms with Gasteiger partial charge < -0.3 is 4.98 Å². The third-order valence-corrected chi connectivity index (χ3v) is 4.95. The maximum atomic E-state index is 13.1. The number of aromatic nitrogens is 1. The van der Waals surface area contributed by atoms with E-state index in [1.807, 2.05) is 0 Å². The van der Waals surface area contributed by atoms with E-state index in [1.54, 1.807) is 26.1 Å². The van der Waals surface area contributed by atoms with Crippen molar-refractivity contribution in [3.8, 4) is 0 Å². The predicted molar refractivity (Wildman–Crippen MR) is 66.0 cm³/mol. The highest BCUT2D eigenvalue weighted by atomic mass is 32.2. The van der Waals surface area contributed by atoms with Gasteiger partial charge in [0, 0.05) is 17.1 Å². The molecule has 0 radical (unpaired) electrons. The van der Waals surface area contributed by atoms with Crippen LogP contribution in [0.2, 0.25) is 0 Å². The van der Waals surface area contributed by atoms with E-state index < -0.39 is 15.1 Å². The molecule has 1 aromatic heterocycles. The fraction of sp³-hybridized carbons (Fsp3) is 0.333. The van der Waals surface area contributed by atoms with Crippen molar-refractivity contribution in [2.24, 2.45) is 0 Å². The lowest BCUT2D eigenvalue weighted by Crippen LogP contribution is -2.15. The van der Waals surface area contributed by atoms with Crippen LogP contribution in [0.3, 0.4) is 0 Å². The number of benzene rings is 1. The van der Waals surface area contributed by atoms with Crippen LogP contribution in [0, 0.1) is 5.82 Å². The summed E-state index contributed by atoms with van der Waals surface area (Å²) in [5.74, 6) is -0.422. The van der Waals surface area contributed by atoms with E-state index in [0.29, 0.717) is 10.9 Å². The Balaban J connectivity index is 2.47. The van der Waals surface area contributed by atoms with Crippen molar-refractivity contribution >= 4 is 20.7 Å². The van der Waals surface area contributed by atoms with Gasteiger partial charge in [-0.15, -0.1) is 0 Å². The number of sulfone groups is 1. The van der Waals surface area contributed by atoms with Crippen LogP contribution in [0.1, 0.15) is 19.4 Å². The highest BCUT2D eigenvalue weighted by Crippen LogP contribution is 2.22. The molecule has 1 aromatic carbocycles. The number of hydrogen-bond donors (Lipinski definition) is 1. The summed E-state index contributed by atoms with van der Waals surface area (Å²) in [6.45, 7) is 3.29. The molecule has 92 valence electrons. The minimum atomic E-state index is -3.17. The molecule has 2 rings (SSSR count). The molecule has 17 heavy (non-hydrogen) atoms.